The Kier molecular flexibility index (Phi) is 28.4. The van der Waals surface area contributed by atoms with Crippen molar-refractivity contribution >= 4 is 13.7 Å². The summed E-state index contributed by atoms with van der Waals surface area (Å²) in [6, 6.07) is -0.905. The van der Waals surface area contributed by atoms with E-state index in [4.69, 9.17) is 14.8 Å². The zero-order valence-corrected chi connectivity index (χ0v) is 27.8. The van der Waals surface area contributed by atoms with Crippen LogP contribution in [0.5, 0.6) is 0 Å². The molecule has 0 radical (unpaired) electrons. The van der Waals surface area contributed by atoms with E-state index in [1.807, 2.05) is 12.2 Å². The van der Waals surface area contributed by atoms with Crippen molar-refractivity contribution in [1.29, 1.82) is 0 Å². The van der Waals surface area contributed by atoms with E-state index in [0.29, 0.717) is 12.8 Å². The van der Waals surface area contributed by atoms with Crippen LogP contribution >= 0.6 is 7.82 Å². The van der Waals surface area contributed by atoms with Crippen LogP contribution in [0.15, 0.2) is 12.2 Å². The Bertz CT molecular complexity index is 696. The molecule has 42 heavy (non-hydrogen) atoms. The second-order valence-corrected chi connectivity index (χ2v) is 13.0. The molecule has 4 atom stereocenters. The number of allylic oxidation sites excluding steroid dienone is 1. The quantitative estimate of drug-likeness (QED) is 0.0313. The first-order chi connectivity index (χ1) is 20.3. The first kappa shape index (κ1) is 41.2. The van der Waals surface area contributed by atoms with Crippen LogP contribution in [0.3, 0.4) is 0 Å². The Labute approximate surface area is 257 Å². The van der Waals surface area contributed by atoms with Gasteiger partial charge in [0.15, 0.2) is 0 Å². The van der Waals surface area contributed by atoms with E-state index in [9.17, 15) is 24.5 Å². The van der Waals surface area contributed by atoms with E-state index in [1.165, 1.54) is 83.5 Å². The van der Waals surface area contributed by atoms with E-state index >= 15 is 0 Å². The molecule has 10 heteroatoms. The van der Waals surface area contributed by atoms with Crippen molar-refractivity contribution in [1.82, 2.24) is 5.32 Å². The van der Waals surface area contributed by atoms with Gasteiger partial charge in [0.05, 0.1) is 37.9 Å². The van der Waals surface area contributed by atoms with Crippen LogP contribution in [0, 0.1) is 0 Å². The molecule has 0 aliphatic heterocycles. The Balaban J connectivity index is 4.48. The van der Waals surface area contributed by atoms with E-state index in [-0.39, 0.29) is 19.6 Å². The largest absolute Gasteiger partial charge is 0.472 e. The third kappa shape index (κ3) is 26.8. The molecule has 0 saturated carbocycles. The van der Waals surface area contributed by atoms with Crippen molar-refractivity contribution in [3.8, 4) is 0 Å². The fourth-order valence-corrected chi connectivity index (χ4v) is 5.58. The van der Waals surface area contributed by atoms with Gasteiger partial charge >= 0.3 is 7.82 Å². The van der Waals surface area contributed by atoms with Gasteiger partial charge in [0, 0.05) is 6.54 Å². The Morgan fingerprint density at radius 3 is 1.88 bits per heavy atom. The van der Waals surface area contributed by atoms with Crippen molar-refractivity contribution in [2.45, 2.75) is 167 Å². The van der Waals surface area contributed by atoms with Crippen LogP contribution in [0.2, 0.25) is 0 Å². The number of carbonyl (C=O) groups excluding carboxylic acids is 1. The van der Waals surface area contributed by atoms with Gasteiger partial charge in [0.25, 0.3) is 0 Å². The predicted molar refractivity (Wildman–Crippen MR) is 172 cm³/mol. The summed E-state index contributed by atoms with van der Waals surface area (Å²) in [7, 11) is -4.36. The van der Waals surface area contributed by atoms with Gasteiger partial charge < -0.3 is 26.2 Å². The summed E-state index contributed by atoms with van der Waals surface area (Å²) in [5.74, 6) is -0.451. The molecule has 9 nitrogen and oxygen atoms in total. The molecule has 0 aromatic rings. The molecule has 0 aliphatic carbocycles. The van der Waals surface area contributed by atoms with Gasteiger partial charge in [-0.15, -0.1) is 0 Å². The van der Waals surface area contributed by atoms with Crippen molar-refractivity contribution < 1.29 is 33.5 Å². The number of nitrogens with one attached hydrogen (secondary N) is 1. The van der Waals surface area contributed by atoms with Gasteiger partial charge in [-0.25, -0.2) is 4.57 Å². The number of hydrogen-bond acceptors (Lipinski definition) is 7. The van der Waals surface area contributed by atoms with Crippen LogP contribution in [0.4, 0.5) is 0 Å². The number of aliphatic hydroxyl groups is 2. The van der Waals surface area contributed by atoms with Crippen LogP contribution in [0.25, 0.3) is 0 Å². The molecule has 0 aromatic heterocycles. The van der Waals surface area contributed by atoms with Crippen LogP contribution < -0.4 is 11.1 Å². The molecule has 6 N–H and O–H groups in total. The number of carbonyl (C=O) groups is 1. The molecule has 0 spiro atoms. The minimum absolute atomic E-state index is 0.0564. The van der Waals surface area contributed by atoms with Crippen molar-refractivity contribution in [2.75, 3.05) is 19.8 Å². The predicted octanol–water partition coefficient (Wildman–Crippen LogP) is 7.07. The summed E-state index contributed by atoms with van der Waals surface area (Å²) in [4.78, 5) is 22.5. The number of phosphoric acid groups is 1. The molecule has 0 saturated heterocycles. The third-order valence-corrected chi connectivity index (χ3v) is 8.41. The summed E-state index contributed by atoms with van der Waals surface area (Å²) in [5.41, 5.74) is 5.32. The maximum Gasteiger partial charge on any atom is 0.472 e. The molecule has 4 unspecified atom stereocenters. The highest BCUT2D eigenvalue weighted by molar-refractivity contribution is 7.47. The molecule has 0 rings (SSSR count). The average molecular weight is 621 g/mol. The average Bonchev–Trinajstić information content (AvgIpc) is 2.96. The van der Waals surface area contributed by atoms with Gasteiger partial charge in [-0.1, -0.05) is 129 Å². The molecule has 250 valence electrons. The summed E-state index contributed by atoms with van der Waals surface area (Å²) in [6.07, 6.45) is 24.3. The molecule has 0 heterocycles. The molecule has 1 amide bonds. The van der Waals surface area contributed by atoms with Gasteiger partial charge in [-0.2, -0.15) is 0 Å². The minimum Gasteiger partial charge on any atom is -0.392 e. The second-order valence-electron chi connectivity index (χ2n) is 11.6. The lowest BCUT2D eigenvalue weighted by molar-refractivity contribution is -0.125. The molecule has 0 aliphatic rings. The van der Waals surface area contributed by atoms with Gasteiger partial charge in [-0.05, 0) is 25.7 Å². The highest BCUT2D eigenvalue weighted by Gasteiger charge is 2.28. The van der Waals surface area contributed by atoms with Crippen molar-refractivity contribution in [3.05, 3.63) is 12.2 Å². The molecule has 0 aromatic carbocycles. The third-order valence-electron chi connectivity index (χ3n) is 7.42. The number of amides is 1. The number of unbranched alkanes of at least 4 members (excludes halogenated alkanes) is 16. The van der Waals surface area contributed by atoms with Crippen molar-refractivity contribution in [3.63, 3.8) is 0 Å². The lowest BCUT2D eigenvalue weighted by Gasteiger charge is -2.25. The van der Waals surface area contributed by atoms with E-state index in [2.05, 4.69) is 19.2 Å². The highest BCUT2D eigenvalue weighted by Crippen LogP contribution is 2.43. The molecule has 0 bridgehead atoms. The summed E-state index contributed by atoms with van der Waals surface area (Å²) in [6.45, 7) is 3.93. The molecular weight excluding hydrogens is 555 g/mol. The number of nitrogens with two attached hydrogens (primary N) is 1. The number of rotatable bonds is 31. The van der Waals surface area contributed by atoms with Crippen molar-refractivity contribution in [2.24, 2.45) is 5.73 Å². The standard InChI is InChI=1S/C32H65N2O7P/c1-3-5-7-9-11-12-13-14-15-16-18-20-22-24-31(36)30(28-41-42(38,39)40-26-25-33)34-32(37)27-29(35)23-21-19-17-10-8-6-4-2/h19,21,29-31,35-36H,3-18,20,22-28,33H2,1-2H3,(H,34,37)(H,38,39)/b21-19-. The molecular formula is C32H65N2O7P. The van der Waals surface area contributed by atoms with Gasteiger partial charge in [0.2, 0.25) is 5.91 Å². The number of hydrogen-bond donors (Lipinski definition) is 5. The lowest BCUT2D eigenvalue weighted by Crippen LogP contribution is -2.47. The zero-order valence-electron chi connectivity index (χ0n) is 26.9. The highest BCUT2D eigenvalue weighted by atomic mass is 31.2. The Morgan fingerprint density at radius 1 is 0.810 bits per heavy atom. The molecule has 0 fully saturated rings. The first-order valence-electron chi connectivity index (χ1n) is 16.9. The van der Waals surface area contributed by atoms with E-state index < -0.39 is 38.6 Å². The van der Waals surface area contributed by atoms with Gasteiger partial charge in [0.1, 0.15) is 0 Å². The number of phosphoric ester groups is 1. The van der Waals surface area contributed by atoms with Crippen LogP contribution in [-0.4, -0.2) is 59.0 Å². The Hall–Kier alpha value is -0.800. The van der Waals surface area contributed by atoms with Crippen LogP contribution in [0.1, 0.15) is 149 Å². The Morgan fingerprint density at radius 2 is 1.33 bits per heavy atom. The first-order valence-corrected chi connectivity index (χ1v) is 18.4. The van der Waals surface area contributed by atoms with Crippen LogP contribution in [-0.2, 0) is 18.4 Å². The van der Waals surface area contributed by atoms with E-state index in [0.717, 1.165) is 32.1 Å². The smallest absolute Gasteiger partial charge is 0.392 e. The van der Waals surface area contributed by atoms with E-state index in [1.54, 1.807) is 0 Å². The fraction of sp³-hybridized carbons (Fsp3) is 0.906. The maximum absolute atomic E-state index is 12.6. The summed E-state index contributed by atoms with van der Waals surface area (Å²) < 4.78 is 21.9. The topological polar surface area (TPSA) is 151 Å². The summed E-state index contributed by atoms with van der Waals surface area (Å²) >= 11 is 0. The van der Waals surface area contributed by atoms with Gasteiger partial charge in [-0.3, -0.25) is 13.8 Å². The number of aliphatic hydroxyl groups excluding tert-OH is 2. The normalized spacial score (nSPS) is 15.5. The SMILES string of the molecule is CCCCCC/C=C\CC(O)CC(=O)NC(COP(=O)(O)OCCN)C(O)CCCCCCCCCCCCCCC. The fourth-order valence-electron chi connectivity index (χ4n) is 4.82. The lowest BCUT2D eigenvalue weighted by atomic mass is 10.0. The second kappa shape index (κ2) is 28.9. The zero-order chi connectivity index (χ0) is 31.3. The summed E-state index contributed by atoms with van der Waals surface area (Å²) in [5, 5.41) is 23.8. The minimum atomic E-state index is -4.36. The maximum atomic E-state index is 12.6. The monoisotopic (exact) mass is 620 g/mol.